The van der Waals surface area contributed by atoms with Crippen LogP contribution in [0.1, 0.15) is 30.7 Å². The molecule has 1 aromatic carbocycles. The van der Waals surface area contributed by atoms with Gasteiger partial charge in [-0.3, -0.25) is 0 Å². The molecule has 0 bridgehead atoms. The SMILES string of the molecule is N#CCCN1CCC(c2cc3nc(Nc4cnn(CC(F)F)c4Cl)ncc3cc2Cl)CC1. The summed E-state index contributed by atoms with van der Waals surface area (Å²) in [5, 5.41) is 17.2. The Morgan fingerprint density at radius 2 is 2.00 bits per heavy atom. The van der Waals surface area contributed by atoms with Gasteiger partial charge in [0.05, 0.1) is 23.5 Å². The van der Waals surface area contributed by atoms with E-state index in [1.165, 1.54) is 6.20 Å². The van der Waals surface area contributed by atoms with E-state index in [2.05, 4.69) is 31.4 Å². The molecule has 1 saturated heterocycles. The Balaban J connectivity index is 1.52. The molecule has 0 aliphatic carbocycles. The first-order valence-electron chi connectivity index (χ1n) is 10.3. The van der Waals surface area contributed by atoms with Gasteiger partial charge in [-0.15, -0.1) is 0 Å². The maximum absolute atomic E-state index is 12.6. The van der Waals surface area contributed by atoms with Gasteiger partial charge in [-0.25, -0.2) is 23.4 Å². The number of likely N-dealkylation sites (tertiary alicyclic amines) is 1. The maximum Gasteiger partial charge on any atom is 0.257 e. The number of fused-ring (bicyclic) bond motifs is 1. The van der Waals surface area contributed by atoms with Crippen LogP contribution < -0.4 is 5.32 Å². The minimum atomic E-state index is -2.56. The molecule has 32 heavy (non-hydrogen) atoms. The third-order valence-corrected chi connectivity index (χ3v) is 6.32. The molecule has 168 valence electrons. The van der Waals surface area contributed by atoms with Crippen LogP contribution in [0.25, 0.3) is 10.9 Å². The number of hydrogen-bond acceptors (Lipinski definition) is 6. The summed E-state index contributed by atoms with van der Waals surface area (Å²) < 4.78 is 26.3. The highest BCUT2D eigenvalue weighted by Gasteiger charge is 2.23. The Hall–Kier alpha value is -2.54. The lowest BCUT2D eigenvalue weighted by molar-refractivity contribution is 0.122. The van der Waals surface area contributed by atoms with E-state index in [0.29, 0.717) is 23.0 Å². The number of aromatic nitrogens is 4. The lowest BCUT2D eigenvalue weighted by atomic mass is 9.89. The number of nitrogens with zero attached hydrogens (tertiary/aromatic N) is 6. The van der Waals surface area contributed by atoms with Crippen molar-refractivity contribution in [3.63, 3.8) is 0 Å². The predicted octanol–water partition coefficient (Wildman–Crippen LogP) is 5.23. The quantitative estimate of drug-likeness (QED) is 0.499. The molecule has 0 saturated carbocycles. The normalized spacial score (nSPS) is 15.4. The van der Waals surface area contributed by atoms with Gasteiger partial charge in [0.1, 0.15) is 6.54 Å². The standard InChI is InChI=1S/C21H21Cl2F2N7/c22-16-8-14-10-27-21(30-18-11-28-32(20(18)23)12-19(24)25)29-17(14)9-15(16)13-2-6-31(7-3-13)5-1-4-26/h8-11,13,19H,1-3,5-7,12H2,(H,27,29,30). The van der Waals surface area contributed by atoms with Crippen LogP contribution in [-0.2, 0) is 6.54 Å². The molecule has 0 unspecified atom stereocenters. The van der Waals surface area contributed by atoms with Gasteiger partial charge in [0, 0.05) is 29.6 Å². The molecule has 1 fully saturated rings. The molecular weight excluding hydrogens is 459 g/mol. The van der Waals surface area contributed by atoms with Crippen molar-refractivity contribution in [3.8, 4) is 6.07 Å². The van der Waals surface area contributed by atoms with Gasteiger partial charge in [0.2, 0.25) is 5.95 Å². The Bertz CT molecular complexity index is 1140. The molecule has 1 aliphatic heterocycles. The Kier molecular flexibility index (Phi) is 7.04. The van der Waals surface area contributed by atoms with E-state index in [0.717, 1.165) is 53.6 Å². The molecule has 0 amide bonds. The highest BCUT2D eigenvalue weighted by Crippen LogP contribution is 2.35. The molecule has 0 radical (unpaired) electrons. The zero-order chi connectivity index (χ0) is 22.7. The maximum atomic E-state index is 12.6. The Morgan fingerprint density at radius 3 is 2.72 bits per heavy atom. The fraction of sp³-hybridized carbons (Fsp3) is 0.429. The first-order valence-corrected chi connectivity index (χ1v) is 11.0. The van der Waals surface area contributed by atoms with Crippen molar-refractivity contribution in [2.45, 2.75) is 38.2 Å². The number of piperidine rings is 1. The summed E-state index contributed by atoms with van der Waals surface area (Å²) in [7, 11) is 0. The van der Waals surface area contributed by atoms with Crippen LogP contribution in [0, 0.1) is 11.3 Å². The molecule has 0 atom stereocenters. The molecule has 2 aromatic heterocycles. The van der Waals surface area contributed by atoms with Crippen molar-refractivity contribution in [2.75, 3.05) is 25.0 Å². The second kappa shape index (κ2) is 9.94. The van der Waals surface area contributed by atoms with Crippen LogP contribution in [0.3, 0.4) is 0 Å². The molecule has 0 spiro atoms. The topological polar surface area (TPSA) is 82.7 Å². The van der Waals surface area contributed by atoms with Crippen molar-refractivity contribution in [2.24, 2.45) is 0 Å². The second-order valence-corrected chi connectivity index (χ2v) is 8.46. The molecule has 1 aliphatic rings. The van der Waals surface area contributed by atoms with Crippen molar-refractivity contribution in [1.82, 2.24) is 24.6 Å². The lowest BCUT2D eigenvalue weighted by Gasteiger charge is -2.32. The van der Waals surface area contributed by atoms with E-state index in [1.807, 2.05) is 12.1 Å². The van der Waals surface area contributed by atoms with E-state index < -0.39 is 13.0 Å². The number of nitriles is 1. The monoisotopic (exact) mass is 479 g/mol. The van der Waals surface area contributed by atoms with Gasteiger partial charge < -0.3 is 10.2 Å². The van der Waals surface area contributed by atoms with E-state index in [1.54, 1.807) is 6.20 Å². The van der Waals surface area contributed by atoms with Crippen LogP contribution in [0.15, 0.2) is 24.5 Å². The molecule has 7 nitrogen and oxygen atoms in total. The molecule has 11 heteroatoms. The smallest absolute Gasteiger partial charge is 0.257 e. The summed E-state index contributed by atoms with van der Waals surface area (Å²) in [5.74, 6) is 0.606. The van der Waals surface area contributed by atoms with E-state index >= 15 is 0 Å². The minimum absolute atomic E-state index is 0.0638. The molecule has 1 N–H and O–H groups in total. The van der Waals surface area contributed by atoms with Crippen molar-refractivity contribution >= 4 is 45.7 Å². The molecular formula is C21H21Cl2F2N7. The fourth-order valence-corrected chi connectivity index (χ4v) is 4.48. The van der Waals surface area contributed by atoms with Gasteiger partial charge in [-0.2, -0.15) is 10.4 Å². The number of alkyl halides is 2. The van der Waals surface area contributed by atoms with Crippen molar-refractivity contribution < 1.29 is 8.78 Å². The van der Waals surface area contributed by atoms with Gasteiger partial charge >= 0.3 is 0 Å². The summed E-state index contributed by atoms with van der Waals surface area (Å²) in [6.45, 7) is 2.07. The summed E-state index contributed by atoms with van der Waals surface area (Å²) in [4.78, 5) is 11.1. The lowest BCUT2D eigenvalue weighted by Crippen LogP contribution is -2.33. The average molecular weight is 480 g/mol. The van der Waals surface area contributed by atoms with E-state index in [-0.39, 0.29) is 11.1 Å². The molecule has 3 aromatic rings. The number of anilines is 2. The zero-order valence-electron chi connectivity index (χ0n) is 17.1. The van der Waals surface area contributed by atoms with E-state index in [4.69, 9.17) is 28.5 Å². The third kappa shape index (κ3) is 5.09. The zero-order valence-corrected chi connectivity index (χ0v) is 18.6. The number of nitrogens with one attached hydrogen (secondary N) is 1. The van der Waals surface area contributed by atoms with Crippen LogP contribution >= 0.6 is 23.2 Å². The van der Waals surface area contributed by atoms with Gasteiger partial charge in [0.15, 0.2) is 5.15 Å². The largest absolute Gasteiger partial charge is 0.320 e. The number of benzene rings is 1. The van der Waals surface area contributed by atoms with Crippen LogP contribution in [0.5, 0.6) is 0 Å². The van der Waals surface area contributed by atoms with Crippen LogP contribution in [0.4, 0.5) is 20.4 Å². The first-order chi connectivity index (χ1) is 15.4. The van der Waals surface area contributed by atoms with Crippen molar-refractivity contribution in [1.29, 1.82) is 5.26 Å². The highest BCUT2D eigenvalue weighted by atomic mass is 35.5. The second-order valence-electron chi connectivity index (χ2n) is 7.70. The van der Waals surface area contributed by atoms with Crippen LogP contribution in [-0.4, -0.2) is 50.7 Å². The highest BCUT2D eigenvalue weighted by molar-refractivity contribution is 6.32. The number of halogens is 4. The number of rotatable bonds is 7. The number of hydrogen-bond donors (Lipinski definition) is 1. The van der Waals surface area contributed by atoms with E-state index in [9.17, 15) is 8.78 Å². The van der Waals surface area contributed by atoms with Crippen LogP contribution in [0.2, 0.25) is 10.2 Å². The minimum Gasteiger partial charge on any atom is -0.320 e. The van der Waals surface area contributed by atoms with Gasteiger partial charge in [-0.1, -0.05) is 23.2 Å². The summed E-state index contributed by atoms with van der Waals surface area (Å²) in [6.07, 6.45) is 2.93. The van der Waals surface area contributed by atoms with Crippen molar-refractivity contribution in [3.05, 3.63) is 40.3 Å². The molecule has 4 rings (SSSR count). The summed E-state index contributed by atoms with van der Waals surface area (Å²) in [5.41, 5.74) is 2.13. The van der Waals surface area contributed by atoms with Gasteiger partial charge in [0.25, 0.3) is 6.43 Å². The first kappa shape index (κ1) is 22.6. The predicted molar refractivity (Wildman–Crippen MR) is 120 cm³/mol. The fourth-order valence-electron chi connectivity index (χ4n) is 3.95. The third-order valence-electron chi connectivity index (χ3n) is 5.60. The Labute approximate surface area is 194 Å². The van der Waals surface area contributed by atoms with Gasteiger partial charge in [-0.05, 0) is 49.5 Å². The molecule has 3 heterocycles. The summed E-state index contributed by atoms with van der Waals surface area (Å²) in [6, 6.07) is 6.05. The Morgan fingerprint density at radius 1 is 1.22 bits per heavy atom. The average Bonchev–Trinajstić information content (AvgIpc) is 3.11. The summed E-state index contributed by atoms with van der Waals surface area (Å²) >= 11 is 12.7.